The van der Waals surface area contributed by atoms with E-state index >= 15 is 0 Å². The van der Waals surface area contributed by atoms with Crippen molar-refractivity contribution < 1.29 is 13.9 Å². The molecule has 1 aromatic heterocycles. The summed E-state index contributed by atoms with van der Waals surface area (Å²) in [6, 6.07) is 10.2. The third-order valence-corrected chi connectivity index (χ3v) is 4.56. The van der Waals surface area contributed by atoms with Crippen LogP contribution in [0.1, 0.15) is 6.92 Å². The van der Waals surface area contributed by atoms with E-state index in [1.807, 2.05) is 14.0 Å². The first-order valence-corrected chi connectivity index (χ1v) is 9.01. The molecule has 140 valence electrons. The molecule has 2 N–H and O–H groups in total. The van der Waals surface area contributed by atoms with Crippen LogP contribution in [0.25, 0.3) is 11.3 Å². The topological polar surface area (TPSA) is 73.4 Å². The van der Waals surface area contributed by atoms with E-state index in [2.05, 4.69) is 21.0 Å². The molecule has 0 radical (unpaired) electrons. The molecule has 1 heterocycles. The van der Waals surface area contributed by atoms with Gasteiger partial charge in [0.05, 0.1) is 34.3 Å². The number of carbonyl (C=O) groups excluding carboxylic acids is 1. The van der Waals surface area contributed by atoms with E-state index in [0.29, 0.717) is 23.7 Å². The molecule has 0 saturated carbocycles. The lowest BCUT2D eigenvalue weighted by atomic mass is 10.1. The summed E-state index contributed by atoms with van der Waals surface area (Å²) in [6.07, 6.45) is 1.68. The minimum atomic E-state index is -0.680. The van der Waals surface area contributed by atoms with Crippen LogP contribution in [-0.2, 0) is 7.05 Å². The molecule has 0 spiro atoms. The molecule has 0 fully saturated rings. The smallest absolute Gasteiger partial charge is 0.323 e. The molecule has 0 aliphatic rings. The average Bonchev–Trinajstić information content (AvgIpc) is 2.96. The monoisotopic (exact) mass is 432 g/mol. The Bertz CT molecular complexity index is 953. The molecule has 6 nitrogen and oxygen atoms in total. The van der Waals surface area contributed by atoms with Crippen molar-refractivity contribution in [3.05, 3.63) is 59.0 Å². The molecule has 0 saturated heterocycles. The first kappa shape index (κ1) is 18.9. The van der Waals surface area contributed by atoms with Crippen LogP contribution < -0.4 is 15.4 Å². The van der Waals surface area contributed by atoms with Crippen LogP contribution in [0.15, 0.2) is 53.1 Å². The average molecular weight is 433 g/mol. The van der Waals surface area contributed by atoms with Crippen molar-refractivity contribution in [1.29, 1.82) is 0 Å². The van der Waals surface area contributed by atoms with E-state index in [-0.39, 0.29) is 0 Å². The highest BCUT2D eigenvalue weighted by Crippen LogP contribution is 2.39. The van der Waals surface area contributed by atoms with Crippen molar-refractivity contribution in [2.75, 3.05) is 11.5 Å². The second-order valence-corrected chi connectivity index (χ2v) is 6.58. The number of nitrogens with two attached hydrogens (primary N) is 1. The summed E-state index contributed by atoms with van der Waals surface area (Å²) in [7, 11) is 1.81. The molecule has 0 unspecified atom stereocenters. The number of halogens is 2. The van der Waals surface area contributed by atoms with Crippen LogP contribution in [0.5, 0.6) is 5.75 Å². The van der Waals surface area contributed by atoms with Gasteiger partial charge in [0, 0.05) is 12.6 Å². The summed E-state index contributed by atoms with van der Waals surface area (Å²) in [5, 5.41) is 4.24. The summed E-state index contributed by atoms with van der Waals surface area (Å²) >= 11 is 3.50. The summed E-state index contributed by atoms with van der Waals surface area (Å²) in [5.41, 5.74) is 8.13. The van der Waals surface area contributed by atoms with Crippen LogP contribution in [0.2, 0.25) is 0 Å². The van der Waals surface area contributed by atoms with Gasteiger partial charge < -0.3 is 10.5 Å². The number of hydrogen-bond donors (Lipinski definition) is 1. The highest BCUT2D eigenvalue weighted by atomic mass is 79.9. The van der Waals surface area contributed by atoms with E-state index < -0.39 is 11.8 Å². The van der Waals surface area contributed by atoms with E-state index in [9.17, 15) is 9.18 Å². The number of anilines is 2. The number of benzene rings is 2. The highest BCUT2D eigenvalue weighted by Gasteiger charge is 2.20. The number of carbonyl (C=O) groups is 1. The van der Waals surface area contributed by atoms with E-state index in [1.54, 1.807) is 29.1 Å². The second-order valence-electron chi connectivity index (χ2n) is 5.73. The Morgan fingerprint density at radius 3 is 2.48 bits per heavy atom. The maximum absolute atomic E-state index is 13.3. The predicted molar refractivity (Wildman–Crippen MR) is 106 cm³/mol. The third-order valence-electron chi connectivity index (χ3n) is 3.98. The van der Waals surface area contributed by atoms with Gasteiger partial charge in [-0.2, -0.15) is 5.10 Å². The zero-order chi connectivity index (χ0) is 19.6. The predicted octanol–water partition coefficient (Wildman–Crippen LogP) is 4.60. The fourth-order valence-electron chi connectivity index (χ4n) is 2.83. The number of aryl methyl sites for hydroxylation is 1. The van der Waals surface area contributed by atoms with Crippen LogP contribution >= 0.6 is 15.9 Å². The van der Waals surface area contributed by atoms with Crippen molar-refractivity contribution >= 4 is 33.3 Å². The number of urea groups is 1. The number of rotatable bonds is 5. The summed E-state index contributed by atoms with van der Waals surface area (Å²) < 4.78 is 21.5. The van der Waals surface area contributed by atoms with Gasteiger partial charge in [0.15, 0.2) is 0 Å². The van der Waals surface area contributed by atoms with Crippen molar-refractivity contribution in [2.24, 2.45) is 12.8 Å². The second kappa shape index (κ2) is 7.79. The van der Waals surface area contributed by atoms with Crippen molar-refractivity contribution in [1.82, 2.24) is 9.78 Å². The molecular formula is C19H18BrFN4O2. The van der Waals surface area contributed by atoms with Gasteiger partial charge in [-0.15, -0.1) is 0 Å². The molecular weight excluding hydrogens is 415 g/mol. The Morgan fingerprint density at radius 2 is 1.93 bits per heavy atom. The lowest BCUT2D eigenvalue weighted by Crippen LogP contribution is -2.31. The van der Waals surface area contributed by atoms with Crippen molar-refractivity contribution in [3.8, 4) is 17.0 Å². The maximum Gasteiger partial charge on any atom is 0.323 e. The van der Waals surface area contributed by atoms with Gasteiger partial charge >= 0.3 is 6.03 Å². The minimum Gasteiger partial charge on any atom is -0.493 e. The number of hydrogen-bond acceptors (Lipinski definition) is 3. The molecule has 0 bridgehead atoms. The molecule has 0 aliphatic carbocycles. The summed E-state index contributed by atoms with van der Waals surface area (Å²) in [5.74, 6) is 0.253. The zero-order valence-electron chi connectivity index (χ0n) is 14.8. The minimum absolute atomic E-state index is 0.394. The number of ether oxygens (including phenoxy) is 1. The molecule has 3 aromatic rings. The third kappa shape index (κ3) is 3.80. The van der Waals surface area contributed by atoms with Crippen LogP contribution in [-0.4, -0.2) is 22.4 Å². The van der Waals surface area contributed by atoms with Crippen LogP contribution in [0.3, 0.4) is 0 Å². The molecule has 2 amide bonds. The molecule has 0 atom stereocenters. The largest absolute Gasteiger partial charge is 0.493 e. The lowest BCUT2D eigenvalue weighted by molar-refractivity contribution is 0.256. The Morgan fingerprint density at radius 1 is 1.26 bits per heavy atom. The number of aromatic nitrogens is 2. The van der Waals surface area contributed by atoms with Crippen LogP contribution in [0.4, 0.5) is 20.6 Å². The van der Waals surface area contributed by atoms with Gasteiger partial charge in [-0.05, 0) is 65.3 Å². The first-order valence-electron chi connectivity index (χ1n) is 8.22. The Kier molecular flexibility index (Phi) is 5.46. The quantitative estimate of drug-likeness (QED) is 0.639. The Balaban J connectivity index is 2.16. The van der Waals surface area contributed by atoms with Crippen molar-refractivity contribution in [3.63, 3.8) is 0 Å². The van der Waals surface area contributed by atoms with Gasteiger partial charge in [0.2, 0.25) is 0 Å². The van der Waals surface area contributed by atoms with Crippen molar-refractivity contribution in [2.45, 2.75) is 6.92 Å². The van der Waals surface area contributed by atoms with Gasteiger partial charge in [0.25, 0.3) is 0 Å². The first-order chi connectivity index (χ1) is 12.9. The Labute approximate surface area is 164 Å². The van der Waals surface area contributed by atoms with Gasteiger partial charge in [0.1, 0.15) is 11.6 Å². The number of nitrogens with zero attached hydrogens (tertiary/aromatic N) is 3. The summed E-state index contributed by atoms with van der Waals surface area (Å²) in [6.45, 7) is 2.38. The normalized spacial score (nSPS) is 10.7. The maximum atomic E-state index is 13.3. The molecule has 27 heavy (non-hydrogen) atoms. The lowest BCUT2D eigenvalue weighted by Gasteiger charge is -2.22. The SMILES string of the molecule is CCOc1ccc(N(C(N)=O)c2ccc(F)cc2)cc1-c1c(Br)cnn1C. The van der Waals surface area contributed by atoms with Gasteiger partial charge in [-0.3, -0.25) is 9.58 Å². The van der Waals surface area contributed by atoms with E-state index in [4.69, 9.17) is 10.5 Å². The Hall–Kier alpha value is -2.87. The molecule has 2 aromatic carbocycles. The van der Waals surface area contributed by atoms with Crippen LogP contribution in [0, 0.1) is 5.82 Å². The number of primary amides is 1. The summed E-state index contributed by atoms with van der Waals surface area (Å²) in [4.78, 5) is 13.4. The highest BCUT2D eigenvalue weighted by molar-refractivity contribution is 9.10. The van der Waals surface area contributed by atoms with Gasteiger partial charge in [-0.25, -0.2) is 9.18 Å². The molecule has 8 heteroatoms. The van der Waals surface area contributed by atoms with Gasteiger partial charge in [-0.1, -0.05) is 0 Å². The van der Waals surface area contributed by atoms with E-state index in [1.165, 1.54) is 29.2 Å². The standard InChI is InChI=1S/C19H18BrFN4O2/c1-3-27-17-9-8-14(10-15(17)18-16(20)11-23-24(18)2)25(19(22)26)13-6-4-12(21)5-7-13/h4-11H,3H2,1-2H3,(H2,22,26). The fraction of sp³-hybridized carbons (Fsp3) is 0.158. The van der Waals surface area contributed by atoms with E-state index in [0.717, 1.165) is 15.7 Å². The number of amides is 2. The molecule has 0 aliphatic heterocycles. The molecule has 3 rings (SSSR count). The fourth-order valence-corrected chi connectivity index (χ4v) is 3.39. The zero-order valence-corrected chi connectivity index (χ0v) is 16.4.